The Morgan fingerprint density at radius 2 is 1.62 bits per heavy atom. The van der Waals surface area contributed by atoms with Gasteiger partial charge in [-0.2, -0.15) is 4.31 Å². The van der Waals surface area contributed by atoms with Gasteiger partial charge < -0.3 is 5.32 Å². The van der Waals surface area contributed by atoms with Gasteiger partial charge in [-0.3, -0.25) is 9.69 Å². The molecule has 0 aliphatic carbocycles. The fourth-order valence-corrected chi connectivity index (χ4v) is 5.07. The summed E-state index contributed by atoms with van der Waals surface area (Å²) in [5.41, 5.74) is 1.93. The molecule has 1 atom stereocenters. The predicted molar refractivity (Wildman–Crippen MR) is 115 cm³/mol. The molecule has 1 aliphatic heterocycles. The lowest BCUT2D eigenvalue weighted by atomic mass is 10.0. The van der Waals surface area contributed by atoms with E-state index in [-0.39, 0.29) is 10.8 Å². The Bertz CT molecular complexity index is 906. The molecule has 0 radical (unpaired) electrons. The number of hydrogen-bond donors (Lipinski definition) is 1. The lowest BCUT2D eigenvalue weighted by Gasteiger charge is -2.37. The number of hydrogen-bond acceptors (Lipinski definition) is 4. The Kier molecular flexibility index (Phi) is 7.05. The van der Waals surface area contributed by atoms with Crippen LogP contribution >= 0.6 is 0 Å². The van der Waals surface area contributed by atoms with Gasteiger partial charge >= 0.3 is 0 Å². The quantitative estimate of drug-likeness (QED) is 0.755. The first-order valence-electron chi connectivity index (χ1n) is 10.0. The molecule has 2 aromatic carbocycles. The highest BCUT2D eigenvalue weighted by atomic mass is 32.2. The van der Waals surface area contributed by atoms with Crippen LogP contribution in [-0.4, -0.2) is 55.8 Å². The van der Waals surface area contributed by atoms with Crippen LogP contribution in [0.15, 0.2) is 59.5 Å². The molecular formula is C22H29N3O3S. The molecule has 1 N–H and O–H groups in total. The second-order valence-corrected chi connectivity index (χ2v) is 9.46. The summed E-state index contributed by atoms with van der Waals surface area (Å²) in [7, 11) is -3.52. The zero-order valence-corrected chi connectivity index (χ0v) is 17.9. The van der Waals surface area contributed by atoms with E-state index < -0.39 is 10.0 Å². The van der Waals surface area contributed by atoms with E-state index >= 15 is 0 Å². The summed E-state index contributed by atoms with van der Waals surface area (Å²) in [4.78, 5) is 13.7. The van der Waals surface area contributed by atoms with Gasteiger partial charge in [0.15, 0.2) is 0 Å². The number of benzene rings is 2. The average Bonchev–Trinajstić information content (AvgIpc) is 2.73. The molecule has 1 aliphatic rings. The van der Waals surface area contributed by atoms with Gasteiger partial charge in [-0.25, -0.2) is 8.42 Å². The van der Waals surface area contributed by atoms with Crippen molar-refractivity contribution in [3.05, 3.63) is 60.2 Å². The van der Waals surface area contributed by atoms with Gasteiger partial charge in [-0.05, 0) is 49.6 Å². The molecule has 1 saturated heterocycles. The molecule has 156 valence electrons. The SMILES string of the molecule is CC(=O)Nc1ccc(S(=O)(=O)N2CCN([C@H](C)CCc3ccccc3)CC2)cc1. The van der Waals surface area contributed by atoms with Gasteiger partial charge in [0.05, 0.1) is 4.90 Å². The maximum atomic E-state index is 12.9. The summed E-state index contributed by atoms with van der Waals surface area (Å²) in [5, 5.41) is 2.65. The smallest absolute Gasteiger partial charge is 0.243 e. The van der Waals surface area contributed by atoms with E-state index in [0.717, 1.165) is 25.9 Å². The minimum Gasteiger partial charge on any atom is -0.326 e. The first kappa shape index (κ1) is 21.5. The second-order valence-electron chi connectivity index (χ2n) is 7.52. The number of rotatable bonds is 7. The van der Waals surface area contributed by atoms with Crippen molar-refractivity contribution in [1.82, 2.24) is 9.21 Å². The average molecular weight is 416 g/mol. The number of amides is 1. The second kappa shape index (κ2) is 9.52. The topological polar surface area (TPSA) is 69.7 Å². The van der Waals surface area contributed by atoms with Crippen LogP contribution in [0.2, 0.25) is 0 Å². The molecule has 6 nitrogen and oxygen atoms in total. The number of nitrogens with zero attached hydrogens (tertiary/aromatic N) is 2. The van der Waals surface area contributed by atoms with Crippen LogP contribution in [0.3, 0.4) is 0 Å². The number of sulfonamides is 1. The summed E-state index contributed by atoms with van der Waals surface area (Å²) >= 11 is 0. The molecule has 3 rings (SSSR count). The van der Waals surface area contributed by atoms with Crippen molar-refractivity contribution < 1.29 is 13.2 Å². The fraction of sp³-hybridized carbons (Fsp3) is 0.409. The zero-order chi connectivity index (χ0) is 20.9. The number of carbonyl (C=O) groups is 1. The molecular weight excluding hydrogens is 386 g/mol. The minimum atomic E-state index is -3.52. The largest absolute Gasteiger partial charge is 0.326 e. The van der Waals surface area contributed by atoms with Gasteiger partial charge in [0.25, 0.3) is 0 Å². The molecule has 0 saturated carbocycles. The Morgan fingerprint density at radius 1 is 1.00 bits per heavy atom. The Labute approximate surface area is 173 Å². The van der Waals surface area contributed by atoms with E-state index in [2.05, 4.69) is 41.4 Å². The lowest BCUT2D eigenvalue weighted by molar-refractivity contribution is -0.114. The Hall–Kier alpha value is -2.22. The lowest BCUT2D eigenvalue weighted by Crippen LogP contribution is -2.51. The van der Waals surface area contributed by atoms with Crippen LogP contribution in [-0.2, 0) is 21.2 Å². The van der Waals surface area contributed by atoms with Crippen molar-refractivity contribution >= 4 is 21.6 Å². The maximum absolute atomic E-state index is 12.9. The van der Waals surface area contributed by atoms with Crippen molar-refractivity contribution in [2.45, 2.75) is 37.6 Å². The number of carbonyl (C=O) groups excluding carboxylic acids is 1. The highest BCUT2D eigenvalue weighted by molar-refractivity contribution is 7.89. The van der Waals surface area contributed by atoms with E-state index in [9.17, 15) is 13.2 Å². The molecule has 1 heterocycles. The first-order valence-corrected chi connectivity index (χ1v) is 11.5. The van der Waals surface area contributed by atoms with Crippen LogP contribution in [0, 0.1) is 0 Å². The predicted octanol–water partition coefficient (Wildman–Crippen LogP) is 2.97. The molecule has 7 heteroatoms. The van der Waals surface area contributed by atoms with Crippen LogP contribution in [0.25, 0.3) is 0 Å². The van der Waals surface area contributed by atoms with Gasteiger partial charge in [0.2, 0.25) is 15.9 Å². The molecule has 0 spiro atoms. The molecule has 1 amide bonds. The van der Waals surface area contributed by atoms with Crippen molar-refractivity contribution in [1.29, 1.82) is 0 Å². The number of nitrogens with one attached hydrogen (secondary N) is 1. The van der Waals surface area contributed by atoms with Crippen molar-refractivity contribution in [2.24, 2.45) is 0 Å². The van der Waals surface area contributed by atoms with E-state index in [4.69, 9.17) is 0 Å². The summed E-state index contributed by atoms with van der Waals surface area (Å²) in [6, 6.07) is 17.2. The van der Waals surface area contributed by atoms with Gasteiger partial charge in [-0.15, -0.1) is 0 Å². The van der Waals surface area contributed by atoms with E-state index in [1.165, 1.54) is 12.5 Å². The minimum absolute atomic E-state index is 0.182. The monoisotopic (exact) mass is 415 g/mol. The Balaban J connectivity index is 1.54. The Morgan fingerprint density at radius 3 is 2.21 bits per heavy atom. The third-order valence-electron chi connectivity index (χ3n) is 5.40. The number of piperazine rings is 1. The van der Waals surface area contributed by atoms with E-state index in [1.54, 1.807) is 28.6 Å². The normalized spacial score (nSPS) is 17.0. The summed E-state index contributed by atoms with van der Waals surface area (Å²) in [6.07, 6.45) is 2.09. The zero-order valence-electron chi connectivity index (χ0n) is 17.0. The highest BCUT2D eigenvalue weighted by Gasteiger charge is 2.29. The summed E-state index contributed by atoms with van der Waals surface area (Å²) < 4.78 is 27.4. The van der Waals surface area contributed by atoms with Gasteiger partial charge in [0.1, 0.15) is 0 Å². The van der Waals surface area contributed by atoms with E-state index in [0.29, 0.717) is 24.8 Å². The standard InChI is InChI=1S/C22H29N3O3S/c1-18(8-9-20-6-4-3-5-7-20)24-14-16-25(17-15-24)29(27,28)22-12-10-21(11-13-22)23-19(2)26/h3-7,10-13,18H,8-9,14-17H2,1-2H3,(H,23,26)/t18-/m1/s1. The number of anilines is 1. The van der Waals surface area contributed by atoms with Crippen LogP contribution in [0.5, 0.6) is 0 Å². The fourth-order valence-electron chi connectivity index (χ4n) is 3.65. The van der Waals surface area contributed by atoms with Gasteiger partial charge in [-0.1, -0.05) is 30.3 Å². The third kappa shape index (κ3) is 5.65. The highest BCUT2D eigenvalue weighted by Crippen LogP contribution is 2.21. The summed E-state index contributed by atoms with van der Waals surface area (Å²) in [6.45, 7) is 6.09. The van der Waals surface area contributed by atoms with Crippen LogP contribution in [0.1, 0.15) is 25.8 Å². The molecule has 29 heavy (non-hydrogen) atoms. The maximum Gasteiger partial charge on any atom is 0.243 e. The van der Waals surface area contributed by atoms with Crippen LogP contribution < -0.4 is 5.32 Å². The molecule has 0 aromatic heterocycles. The number of aryl methyl sites for hydroxylation is 1. The molecule has 2 aromatic rings. The van der Waals surface area contributed by atoms with Crippen molar-refractivity contribution in [3.63, 3.8) is 0 Å². The van der Waals surface area contributed by atoms with Gasteiger partial charge in [0, 0.05) is 44.8 Å². The van der Waals surface area contributed by atoms with Crippen LogP contribution in [0.4, 0.5) is 5.69 Å². The van der Waals surface area contributed by atoms with Crippen molar-refractivity contribution in [2.75, 3.05) is 31.5 Å². The summed E-state index contributed by atoms with van der Waals surface area (Å²) in [5.74, 6) is -0.182. The first-order chi connectivity index (χ1) is 13.9. The molecule has 0 unspecified atom stereocenters. The van der Waals surface area contributed by atoms with Crippen molar-refractivity contribution in [3.8, 4) is 0 Å². The van der Waals surface area contributed by atoms with E-state index in [1.807, 2.05) is 6.07 Å². The molecule has 1 fully saturated rings. The molecule has 0 bridgehead atoms. The third-order valence-corrected chi connectivity index (χ3v) is 7.32.